The van der Waals surface area contributed by atoms with E-state index in [1.807, 2.05) is 0 Å². The summed E-state index contributed by atoms with van der Waals surface area (Å²) in [7, 11) is 0. The van der Waals surface area contributed by atoms with E-state index in [-0.39, 0.29) is 22.1 Å². The number of aryl methyl sites for hydroxylation is 1. The van der Waals surface area contributed by atoms with Crippen LogP contribution in [-0.2, 0) is 4.79 Å². The van der Waals surface area contributed by atoms with Crippen molar-refractivity contribution in [2.45, 2.75) is 39.5 Å². The monoisotopic (exact) mass is 301 g/mol. The number of hydrogen-bond acceptors (Lipinski definition) is 3. The Morgan fingerprint density at radius 1 is 1.16 bits per heavy atom. The Kier molecular flexibility index (Phi) is 4.63. The molecule has 104 valence electrons. The Hall–Kier alpha value is -0.870. The maximum Gasteiger partial charge on any atom is 0.227 e. The Morgan fingerprint density at radius 2 is 1.68 bits per heavy atom. The fraction of sp³-hybridized carbons (Fsp3) is 0.615. The highest BCUT2D eigenvalue weighted by molar-refractivity contribution is 6.38. The van der Waals surface area contributed by atoms with Crippen molar-refractivity contribution in [1.82, 2.24) is 9.97 Å². The summed E-state index contributed by atoms with van der Waals surface area (Å²) in [5, 5.41) is 3.14. The molecule has 0 spiro atoms. The number of nitrogens with zero attached hydrogens (tertiary/aromatic N) is 2. The van der Waals surface area contributed by atoms with Gasteiger partial charge < -0.3 is 5.32 Å². The van der Waals surface area contributed by atoms with E-state index in [0.29, 0.717) is 17.4 Å². The third-order valence-electron chi connectivity index (χ3n) is 3.57. The number of halogens is 2. The van der Waals surface area contributed by atoms with Crippen molar-refractivity contribution in [3.8, 4) is 0 Å². The van der Waals surface area contributed by atoms with Crippen LogP contribution in [0.1, 0.15) is 38.4 Å². The largest absolute Gasteiger partial charge is 0.321 e. The first kappa shape index (κ1) is 14.5. The topological polar surface area (TPSA) is 54.9 Å². The van der Waals surface area contributed by atoms with Crippen LogP contribution in [0.15, 0.2) is 0 Å². The van der Waals surface area contributed by atoms with Crippen LogP contribution in [0.25, 0.3) is 0 Å². The van der Waals surface area contributed by atoms with Crippen LogP contribution in [0.5, 0.6) is 0 Å². The molecule has 6 heteroatoms. The Balaban J connectivity index is 2.07. The summed E-state index contributed by atoms with van der Waals surface area (Å²) >= 11 is 12.0. The summed E-state index contributed by atoms with van der Waals surface area (Å²) in [6.07, 6.45) is 4.00. The second-order valence-electron chi connectivity index (χ2n) is 5.17. The van der Waals surface area contributed by atoms with Crippen molar-refractivity contribution in [2.75, 3.05) is 5.32 Å². The molecule has 0 bridgehead atoms. The SMILES string of the molecule is Cc1nc(Cl)c(NC(=O)C2CCC(C)CC2)c(Cl)n1. The zero-order chi connectivity index (χ0) is 14.0. The average molecular weight is 302 g/mol. The molecule has 1 heterocycles. The Labute approximate surface area is 122 Å². The van der Waals surface area contributed by atoms with Crippen molar-refractivity contribution >= 4 is 34.8 Å². The van der Waals surface area contributed by atoms with Gasteiger partial charge in [-0.3, -0.25) is 4.79 Å². The molecule has 0 saturated heterocycles. The first-order valence-corrected chi connectivity index (χ1v) is 7.23. The quantitative estimate of drug-likeness (QED) is 0.844. The third kappa shape index (κ3) is 3.57. The first-order valence-electron chi connectivity index (χ1n) is 6.48. The van der Waals surface area contributed by atoms with Gasteiger partial charge in [-0.1, -0.05) is 30.1 Å². The number of aromatic nitrogens is 2. The fourth-order valence-electron chi connectivity index (χ4n) is 2.36. The summed E-state index contributed by atoms with van der Waals surface area (Å²) in [6.45, 7) is 3.92. The number of carbonyl (C=O) groups excluding carboxylic acids is 1. The number of rotatable bonds is 2. The van der Waals surface area contributed by atoms with E-state index in [1.54, 1.807) is 6.92 Å². The van der Waals surface area contributed by atoms with Gasteiger partial charge in [0.15, 0.2) is 10.3 Å². The number of carbonyl (C=O) groups is 1. The molecule has 1 saturated carbocycles. The molecule has 1 fully saturated rings. The van der Waals surface area contributed by atoms with E-state index in [4.69, 9.17) is 23.2 Å². The molecular formula is C13H17Cl2N3O. The molecule has 2 rings (SSSR count). The van der Waals surface area contributed by atoms with Gasteiger partial charge >= 0.3 is 0 Å². The molecule has 0 unspecified atom stereocenters. The summed E-state index contributed by atoms with van der Waals surface area (Å²) in [4.78, 5) is 20.2. The summed E-state index contributed by atoms with van der Waals surface area (Å²) in [6, 6.07) is 0. The van der Waals surface area contributed by atoms with Gasteiger partial charge in [0.2, 0.25) is 5.91 Å². The predicted octanol–water partition coefficient (Wildman–Crippen LogP) is 3.86. The van der Waals surface area contributed by atoms with Gasteiger partial charge in [0.05, 0.1) is 0 Å². The molecule has 19 heavy (non-hydrogen) atoms. The zero-order valence-corrected chi connectivity index (χ0v) is 12.6. The standard InChI is InChI=1S/C13H17Cl2N3O/c1-7-3-5-9(6-4-7)13(19)18-10-11(14)16-8(2)17-12(10)15/h7,9H,3-6H2,1-2H3,(H,18,19). The molecule has 4 nitrogen and oxygen atoms in total. The van der Waals surface area contributed by atoms with Gasteiger partial charge in [-0.05, 0) is 38.5 Å². The van der Waals surface area contributed by atoms with E-state index < -0.39 is 0 Å². The Bertz CT molecular complexity index is 462. The predicted molar refractivity (Wildman–Crippen MR) is 76.5 cm³/mol. The van der Waals surface area contributed by atoms with Gasteiger partial charge in [-0.15, -0.1) is 0 Å². The van der Waals surface area contributed by atoms with Crippen molar-refractivity contribution < 1.29 is 4.79 Å². The molecule has 0 atom stereocenters. The molecule has 1 aromatic rings. The molecular weight excluding hydrogens is 285 g/mol. The summed E-state index contributed by atoms with van der Waals surface area (Å²) < 4.78 is 0. The van der Waals surface area contributed by atoms with E-state index in [1.165, 1.54) is 0 Å². The second kappa shape index (κ2) is 6.06. The lowest BCUT2D eigenvalue weighted by atomic mass is 9.82. The molecule has 0 aromatic carbocycles. The van der Waals surface area contributed by atoms with Crippen LogP contribution >= 0.6 is 23.2 Å². The molecule has 0 aliphatic heterocycles. The van der Waals surface area contributed by atoms with Crippen LogP contribution in [-0.4, -0.2) is 15.9 Å². The van der Waals surface area contributed by atoms with Crippen LogP contribution in [0.4, 0.5) is 5.69 Å². The molecule has 1 aliphatic carbocycles. The second-order valence-corrected chi connectivity index (χ2v) is 5.89. The van der Waals surface area contributed by atoms with E-state index in [2.05, 4.69) is 22.2 Å². The zero-order valence-electron chi connectivity index (χ0n) is 11.0. The maximum atomic E-state index is 12.2. The van der Waals surface area contributed by atoms with Crippen LogP contribution in [0.3, 0.4) is 0 Å². The van der Waals surface area contributed by atoms with Crippen LogP contribution in [0.2, 0.25) is 10.3 Å². The summed E-state index contributed by atoms with van der Waals surface area (Å²) in [5.74, 6) is 1.19. The number of hydrogen-bond donors (Lipinski definition) is 1. The highest BCUT2D eigenvalue weighted by Gasteiger charge is 2.25. The van der Waals surface area contributed by atoms with Gasteiger partial charge in [-0.2, -0.15) is 0 Å². The smallest absolute Gasteiger partial charge is 0.227 e. The average Bonchev–Trinajstić information content (AvgIpc) is 2.34. The van der Waals surface area contributed by atoms with Crippen molar-refractivity contribution in [1.29, 1.82) is 0 Å². The van der Waals surface area contributed by atoms with E-state index in [0.717, 1.165) is 25.7 Å². The first-order chi connectivity index (χ1) is 8.97. The van der Waals surface area contributed by atoms with Crippen molar-refractivity contribution in [3.05, 3.63) is 16.1 Å². The number of amides is 1. The molecule has 1 aromatic heterocycles. The molecule has 1 N–H and O–H groups in total. The van der Waals surface area contributed by atoms with Crippen molar-refractivity contribution in [3.63, 3.8) is 0 Å². The van der Waals surface area contributed by atoms with Gasteiger partial charge in [0.25, 0.3) is 0 Å². The lowest BCUT2D eigenvalue weighted by Crippen LogP contribution is -2.27. The normalized spacial score (nSPS) is 23.2. The molecule has 1 aliphatic rings. The highest BCUT2D eigenvalue weighted by atomic mass is 35.5. The highest BCUT2D eigenvalue weighted by Crippen LogP contribution is 2.31. The number of anilines is 1. The van der Waals surface area contributed by atoms with Crippen LogP contribution < -0.4 is 5.32 Å². The fourth-order valence-corrected chi connectivity index (χ4v) is 2.92. The lowest BCUT2D eigenvalue weighted by Gasteiger charge is -2.25. The van der Waals surface area contributed by atoms with Crippen LogP contribution in [0, 0.1) is 18.8 Å². The van der Waals surface area contributed by atoms with Gasteiger partial charge in [-0.25, -0.2) is 9.97 Å². The van der Waals surface area contributed by atoms with E-state index in [9.17, 15) is 4.79 Å². The van der Waals surface area contributed by atoms with Crippen molar-refractivity contribution in [2.24, 2.45) is 11.8 Å². The van der Waals surface area contributed by atoms with E-state index >= 15 is 0 Å². The minimum atomic E-state index is -0.0387. The van der Waals surface area contributed by atoms with Gasteiger partial charge in [0, 0.05) is 5.92 Å². The minimum Gasteiger partial charge on any atom is -0.321 e. The lowest BCUT2D eigenvalue weighted by molar-refractivity contribution is -0.121. The Morgan fingerprint density at radius 3 is 2.21 bits per heavy atom. The number of nitrogens with one attached hydrogen (secondary N) is 1. The molecule has 0 radical (unpaired) electrons. The molecule has 1 amide bonds. The maximum absolute atomic E-state index is 12.2. The summed E-state index contributed by atoms with van der Waals surface area (Å²) in [5.41, 5.74) is 0.317. The van der Waals surface area contributed by atoms with Gasteiger partial charge in [0.1, 0.15) is 11.5 Å². The minimum absolute atomic E-state index is 0.0321. The third-order valence-corrected chi connectivity index (χ3v) is 4.11.